The Morgan fingerprint density at radius 2 is 1.03 bits per heavy atom. The van der Waals surface area contributed by atoms with Crippen LogP contribution in [0.2, 0.25) is 0 Å². The van der Waals surface area contributed by atoms with E-state index in [-0.39, 0.29) is 0 Å². The van der Waals surface area contributed by atoms with Crippen molar-refractivity contribution in [3.05, 3.63) is 83.9 Å². The Hall–Kier alpha value is -3.80. The Morgan fingerprint density at radius 1 is 0.588 bits per heavy atom. The van der Waals surface area contributed by atoms with E-state index in [1.54, 1.807) is 45.9 Å². The summed E-state index contributed by atoms with van der Waals surface area (Å²) in [5.74, 6) is -1.07. The highest BCUT2D eigenvalue weighted by Gasteiger charge is 2.34. The Bertz CT molecular complexity index is 1130. The van der Waals surface area contributed by atoms with Crippen molar-refractivity contribution < 1.29 is 28.5 Å². The Morgan fingerprint density at radius 3 is 1.50 bits per heavy atom. The molecule has 0 amide bonds. The molecule has 0 saturated carbocycles. The third-order valence-corrected chi connectivity index (χ3v) is 5.60. The van der Waals surface area contributed by atoms with Gasteiger partial charge in [0, 0.05) is 11.6 Å². The molecule has 0 saturated heterocycles. The fourth-order valence-electron chi connectivity index (χ4n) is 3.51. The van der Waals surface area contributed by atoms with Crippen LogP contribution in [0, 0.1) is 0 Å². The van der Waals surface area contributed by atoms with Crippen LogP contribution in [0.5, 0.6) is 11.5 Å². The molecule has 0 aliphatic rings. The summed E-state index contributed by atoms with van der Waals surface area (Å²) in [6.45, 7) is 6.82. The maximum atomic E-state index is 12.6. The zero-order valence-corrected chi connectivity index (χ0v) is 20.4. The third-order valence-electron chi connectivity index (χ3n) is 5.60. The van der Waals surface area contributed by atoms with Gasteiger partial charge in [-0.3, -0.25) is 0 Å². The lowest BCUT2D eigenvalue weighted by Crippen LogP contribution is -2.35. The van der Waals surface area contributed by atoms with Gasteiger partial charge in [-0.05, 0) is 56.5 Å². The van der Waals surface area contributed by atoms with Gasteiger partial charge in [0.1, 0.15) is 22.7 Å². The second-order valence-electron chi connectivity index (χ2n) is 8.84. The molecule has 0 N–H and O–H groups in total. The first-order chi connectivity index (χ1) is 16.1. The molecule has 0 aliphatic carbocycles. The van der Waals surface area contributed by atoms with Gasteiger partial charge in [0.2, 0.25) is 0 Å². The second-order valence-corrected chi connectivity index (χ2v) is 8.84. The molecule has 0 unspecified atom stereocenters. The molecule has 34 heavy (non-hydrogen) atoms. The number of rotatable bonds is 7. The summed E-state index contributed by atoms with van der Waals surface area (Å²) in [5.41, 5.74) is 1.34. The molecule has 3 aromatic carbocycles. The van der Waals surface area contributed by atoms with E-state index in [2.05, 4.69) is 0 Å². The molecule has 3 rings (SSSR count). The lowest BCUT2D eigenvalue weighted by Gasteiger charge is -2.28. The van der Waals surface area contributed by atoms with E-state index in [1.165, 1.54) is 14.2 Å². The molecule has 3 aromatic rings. The monoisotopic (exact) mass is 462 g/mol. The second kappa shape index (κ2) is 10.00. The molecule has 0 aliphatic heterocycles. The van der Waals surface area contributed by atoms with Crippen molar-refractivity contribution in [2.24, 2.45) is 0 Å². The molecular weight excluding hydrogens is 432 g/mol. The van der Waals surface area contributed by atoms with E-state index >= 15 is 0 Å². The minimum Gasteiger partial charge on any atom is -0.497 e. The quantitative estimate of drug-likeness (QED) is 0.335. The molecule has 0 bridgehead atoms. The average Bonchev–Trinajstić information content (AvgIpc) is 2.83. The Balaban J connectivity index is 1.71. The first-order valence-electron chi connectivity index (χ1n) is 10.9. The number of esters is 2. The van der Waals surface area contributed by atoms with Crippen molar-refractivity contribution in [2.45, 2.75) is 38.9 Å². The van der Waals surface area contributed by atoms with Gasteiger partial charge >= 0.3 is 11.9 Å². The van der Waals surface area contributed by atoms with E-state index in [1.807, 2.05) is 54.6 Å². The highest BCUT2D eigenvalue weighted by molar-refractivity contribution is 6.29. The number of methoxy groups -OCH3 is 2. The van der Waals surface area contributed by atoms with Crippen LogP contribution in [0.15, 0.2) is 72.8 Å². The summed E-state index contributed by atoms with van der Waals surface area (Å²) in [5, 5.41) is 0. The van der Waals surface area contributed by atoms with Crippen molar-refractivity contribution in [2.75, 3.05) is 14.2 Å². The Labute approximate surface area is 200 Å². The molecule has 6 nitrogen and oxygen atoms in total. The van der Waals surface area contributed by atoms with Crippen molar-refractivity contribution in [1.82, 2.24) is 0 Å². The molecule has 178 valence electrons. The molecule has 0 fully saturated rings. The average molecular weight is 463 g/mol. The van der Waals surface area contributed by atoms with Crippen molar-refractivity contribution in [3.63, 3.8) is 0 Å². The van der Waals surface area contributed by atoms with E-state index in [0.717, 1.165) is 16.7 Å². The van der Waals surface area contributed by atoms with Crippen LogP contribution in [0.4, 0.5) is 0 Å². The molecular formula is C28H30O6. The van der Waals surface area contributed by atoms with Crippen LogP contribution in [-0.4, -0.2) is 26.2 Å². The SMILES string of the molecule is COc1cc(OC)cc(C(C)(C)OC(=O)C(=O)OC(C)(C)c2ccc(-c3ccccc3)cc2)c1. The summed E-state index contributed by atoms with van der Waals surface area (Å²) in [4.78, 5) is 25.3. The maximum absolute atomic E-state index is 12.6. The fourth-order valence-corrected chi connectivity index (χ4v) is 3.51. The Kier molecular flexibility index (Phi) is 7.30. The normalized spacial score (nSPS) is 11.5. The third kappa shape index (κ3) is 5.76. The molecule has 0 radical (unpaired) electrons. The summed E-state index contributed by atoms with van der Waals surface area (Å²) in [6.07, 6.45) is 0. The first kappa shape index (κ1) is 24.8. The highest BCUT2D eigenvalue weighted by atomic mass is 16.6. The van der Waals surface area contributed by atoms with Crippen molar-refractivity contribution in [1.29, 1.82) is 0 Å². The molecule has 0 heterocycles. The predicted octanol–water partition coefficient (Wildman–Crippen LogP) is 5.63. The topological polar surface area (TPSA) is 71.1 Å². The molecule has 0 spiro atoms. The van der Waals surface area contributed by atoms with Crippen LogP contribution >= 0.6 is 0 Å². The number of carbonyl (C=O) groups is 2. The van der Waals surface area contributed by atoms with Crippen LogP contribution in [0.25, 0.3) is 11.1 Å². The summed E-state index contributed by atoms with van der Waals surface area (Å²) in [7, 11) is 3.06. The van der Waals surface area contributed by atoms with Gasteiger partial charge in [-0.1, -0.05) is 54.6 Å². The van der Waals surface area contributed by atoms with Crippen LogP contribution in [0.1, 0.15) is 38.8 Å². The number of benzene rings is 3. The predicted molar refractivity (Wildman–Crippen MR) is 130 cm³/mol. The van der Waals surface area contributed by atoms with Crippen molar-refractivity contribution in [3.8, 4) is 22.6 Å². The lowest BCUT2D eigenvalue weighted by atomic mass is 9.95. The summed E-state index contributed by atoms with van der Waals surface area (Å²) >= 11 is 0. The van der Waals surface area contributed by atoms with Crippen molar-refractivity contribution >= 4 is 11.9 Å². The number of hydrogen-bond acceptors (Lipinski definition) is 6. The lowest BCUT2D eigenvalue weighted by molar-refractivity contribution is -0.183. The zero-order valence-electron chi connectivity index (χ0n) is 20.4. The van der Waals surface area contributed by atoms with Crippen LogP contribution < -0.4 is 9.47 Å². The van der Waals surface area contributed by atoms with E-state index in [9.17, 15) is 9.59 Å². The van der Waals surface area contributed by atoms with Crippen LogP contribution in [0.3, 0.4) is 0 Å². The van der Waals surface area contributed by atoms with Gasteiger partial charge in [-0.2, -0.15) is 0 Å². The fraction of sp³-hybridized carbons (Fsp3) is 0.286. The van der Waals surface area contributed by atoms with Crippen LogP contribution in [-0.2, 0) is 30.3 Å². The number of carbonyl (C=O) groups excluding carboxylic acids is 2. The van der Waals surface area contributed by atoms with Gasteiger partial charge in [0.05, 0.1) is 14.2 Å². The summed E-state index contributed by atoms with van der Waals surface area (Å²) < 4.78 is 21.6. The molecule has 0 aromatic heterocycles. The largest absolute Gasteiger partial charge is 0.497 e. The maximum Gasteiger partial charge on any atom is 0.418 e. The number of hydrogen-bond donors (Lipinski definition) is 0. The highest BCUT2D eigenvalue weighted by Crippen LogP contribution is 2.33. The zero-order chi connectivity index (χ0) is 24.9. The van der Waals surface area contributed by atoms with Gasteiger partial charge < -0.3 is 18.9 Å². The first-order valence-corrected chi connectivity index (χ1v) is 10.9. The van der Waals surface area contributed by atoms with E-state index < -0.39 is 23.1 Å². The van der Waals surface area contributed by atoms with E-state index in [0.29, 0.717) is 17.1 Å². The number of ether oxygens (including phenoxy) is 4. The van der Waals surface area contributed by atoms with Gasteiger partial charge in [0.15, 0.2) is 0 Å². The van der Waals surface area contributed by atoms with Gasteiger partial charge in [-0.15, -0.1) is 0 Å². The standard InChI is InChI=1S/C28H30O6/c1-27(2,21-14-12-20(13-15-21)19-10-8-7-9-11-19)33-25(29)26(30)34-28(3,4)22-16-23(31-5)18-24(17-22)32-6/h7-18H,1-6H3. The summed E-state index contributed by atoms with van der Waals surface area (Å²) in [6, 6.07) is 22.8. The van der Waals surface area contributed by atoms with Gasteiger partial charge in [-0.25, -0.2) is 9.59 Å². The smallest absolute Gasteiger partial charge is 0.418 e. The molecule has 0 atom stereocenters. The van der Waals surface area contributed by atoms with E-state index in [4.69, 9.17) is 18.9 Å². The minimum atomic E-state index is -1.13. The minimum absolute atomic E-state index is 0.543. The van der Waals surface area contributed by atoms with Gasteiger partial charge in [0.25, 0.3) is 0 Å². The molecule has 6 heteroatoms.